The fourth-order valence-electron chi connectivity index (χ4n) is 3.83. The van der Waals surface area contributed by atoms with E-state index in [1.54, 1.807) is 0 Å². The second kappa shape index (κ2) is 5.45. The van der Waals surface area contributed by atoms with Gasteiger partial charge in [0.05, 0.1) is 30.8 Å². The number of imide groups is 1. The zero-order chi connectivity index (χ0) is 14.2. The van der Waals surface area contributed by atoms with Gasteiger partial charge >= 0.3 is 0 Å². The van der Waals surface area contributed by atoms with E-state index in [1.165, 1.54) is 17.7 Å². The third-order valence-electron chi connectivity index (χ3n) is 5.01. The van der Waals surface area contributed by atoms with Crippen molar-refractivity contribution in [3.8, 4) is 0 Å². The minimum absolute atomic E-state index is 0.0385. The van der Waals surface area contributed by atoms with E-state index in [9.17, 15) is 9.59 Å². The van der Waals surface area contributed by atoms with Crippen molar-refractivity contribution in [1.29, 1.82) is 0 Å². The van der Waals surface area contributed by atoms with Gasteiger partial charge in [-0.2, -0.15) is 0 Å². The number of hydrogen-bond donors (Lipinski definition) is 1. The molecule has 1 spiro atoms. The predicted octanol–water partition coefficient (Wildman–Crippen LogP) is 1.22. The lowest BCUT2D eigenvalue weighted by molar-refractivity contribution is -0.152. The summed E-state index contributed by atoms with van der Waals surface area (Å²) in [6.07, 6.45) is 7.60. The van der Waals surface area contributed by atoms with Crippen LogP contribution in [0.15, 0.2) is 0 Å². The summed E-state index contributed by atoms with van der Waals surface area (Å²) in [5, 5.41) is 2.99. The van der Waals surface area contributed by atoms with Gasteiger partial charge in [-0.3, -0.25) is 19.8 Å². The van der Waals surface area contributed by atoms with Crippen molar-refractivity contribution in [1.82, 2.24) is 10.2 Å². The van der Waals surface area contributed by atoms with E-state index in [4.69, 9.17) is 4.74 Å². The number of hydrogen-bond acceptors (Lipinski definition) is 4. The molecule has 3 fully saturated rings. The molecule has 3 aliphatic rings. The van der Waals surface area contributed by atoms with Gasteiger partial charge in [0, 0.05) is 0 Å². The quantitative estimate of drug-likeness (QED) is 0.790. The SMILES string of the molecule is CCC1NCC(=O)N(CC2CCC3(CCCC3)O2)C1=O. The highest BCUT2D eigenvalue weighted by Gasteiger charge is 2.44. The Bertz CT molecular complexity index is 404. The van der Waals surface area contributed by atoms with Gasteiger partial charge in [-0.1, -0.05) is 19.8 Å². The lowest BCUT2D eigenvalue weighted by Gasteiger charge is -2.33. The number of ether oxygens (including phenoxy) is 1. The molecule has 1 N–H and O–H groups in total. The summed E-state index contributed by atoms with van der Waals surface area (Å²) in [6, 6.07) is -0.213. The van der Waals surface area contributed by atoms with Gasteiger partial charge in [0.25, 0.3) is 0 Å². The Hall–Kier alpha value is -0.940. The molecule has 2 atom stereocenters. The minimum Gasteiger partial charge on any atom is -0.370 e. The second-order valence-corrected chi connectivity index (χ2v) is 6.35. The topological polar surface area (TPSA) is 58.6 Å². The van der Waals surface area contributed by atoms with Crippen LogP contribution in [-0.2, 0) is 14.3 Å². The Kier molecular flexibility index (Phi) is 3.82. The summed E-state index contributed by atoms with van der Waals surface area (Å²) in [6.45, 7) is 2.67. The van der Waals surface area contributed by atoms with Gasteiger partial charge in [-0.05, 0) is 32.1 Å². The lowest BCUT2D eigenvalue weighted by Crippen LogP contribution is -2.59. The summed E-state index contributed by atoms with van der Waals surface area (Å²) in [5.41, 5.74) is 0.0644. The van der Waals surface area contributed by atoms with Crippen molar-refractivity contribution in [2.45, 2.75) is 69.6 Å². The van der Waals surface area contributed by atoms with E-state index in [0.29, 0.717) is 6.54 Å². The lowest BCUT2D eigenvalue weighted by atomic mass is 9.98. The first kappa shape index (κ1) is 14.0. The van der Waals surface area contributed by atoms with Crippen LogP contribution in [0.4, 0.5) is 0 Å². The van der Waals surface area contributed by atoms with Crippen molar-refractivity contribution in [2.24, 2.45) is 0 Å². The molecule has 1 aliphatic carbocycles. The summed E-state index contributed by atoms with van der Waals surface area (Å²) in [7, 11) is 0. The van der Waals surface area contributed by atoms with Gasteiger partial charge in [-0.15, -0.1) is 0 Å². The fraction of sp³-hybridized carbons (Fsp3) is 0.867. The van der Waals surface area contributed by atoms with Crippen molar-refractivity contribution in [3.05, 3.63) is 0 Å². The Morgan fingerprint density at radius 2 is 2.05 bits per heavy atom. The molecule has 1 saturated carbocycles. The standard InChI is InChI=1S/C15H24N2O3/c1-2-12-14(19)17(13(18)9-16-12)10-11-5-8-15(20-11)6-3-4-7-15/h11-12,16H,2-10H2,1H3. The molecule has 0 aromatic rings. The highest BCUT2D eigenvalue weighted by molar-refractivity contribution is 6.01. The Morgan fingerprint density at radius 3 is 2.75 bits per heavy atom. The molecule has 2 saturated heterocycles. The van der Waals surface area contributed by atoms with Crippen LogP contribution in [0.25, 0.3) is 0 Å². The van der Waals surface area contributed by atoms with Crippen LogP contribution in [0.2, 0.25) is 0 Å². The molecule has 0 aromatic carbocycles. The maximum Gasteiger partial charge on any atom is 0.246 e. The van der Waals surface area contributed by atoms with Crippen molar-refractivity contribution < 1.29 is 14.3 Å². The molecule has 112 valence electrons. The molecule has 5 heteroatoms. The van der Waals surface area contributed by atoms with Gasteiger partial charge in [0.15, 0.2) is 0 Å². The third kappa shape index (κ3) is 2.49. The average Bonchev–Trinajstić information content (AvgIpc) is 3.06. The number of amides is 2. The van der Waals surface area contributed by atoms with Gasteiger partial charge in [0.1, 0.15) is 0 Å². The molecule has 0 aromatic heterocycles. The predicted molar refractivity (Wildman–Crippen MR) is 74.1 cm³/mol. The van der Waals surface area contributed by atoms with Crippen molar-refractivity contribution in [2.75, 3.05) is 13.1 Å². The molecular weight excluding hydrogens is 256 g/mol. The zero-order valence-corrected chi connectivity index (χ0v) is 12.2. The number of nitrogens with zero attached hydrogens (tertiary/aromatic N) is 1. The number of rotatable bonds is 3. The maximum atomic E-state index is 12.3. The average molecular weight is 280 g/mol. The smallest absolute Gasteiger partial charge is 0.246 e. The van der Waals surface area contributed by atoms with Crippen LogP contribution in [0.1, 0.15) is 51.9 Å². The first-order valence-electron chi connectivity index (χ1n) is 7.89. The van der Waals surface area contributed by atoms with Crippen LogP contribution in [0, 0.1) is 0 Å². The maximum absolute atomic E-state index is 12.3. The first-order valence-corrected chi connectivity index (χ1v) is 7.89. The Morgan fingerprint density at radius 1 is 1.30 bits per heavy atom. The van der Waals surface area contributed by atoms with Gasteiger partial charge < -0.3 is 4.74 Å². The van der Waals surface area contributed by atoms with Gasteiger partial charge in [0.2, 0.25) is 11.8 Å². The van der Waals surface area contributed by atoms with Crippen LogP contribution in [0.5, 0.6) is 0 Å². The van der Waals surface area contributed by atoms with E-state index in [0.717, 1.165) is 32.1 Å². The zero-order valence-electron chi connectivity index (χ0n) is 12.2. The molecule has 2 amide bonds. The van der Waals surface area contributed by atoms with Crippen LogP contribution in [0.3, 0.4) is 0 Å². The fourth-order valence-corrected chi connectivity index (χ4v) is 3.83. The number of carbonyl (C=O) groups excluding carboxylic acids is 2. The molecular formula is C15H24N2O3. The van der Waals surface area contributed by atoms with Crippen LogP contribution < -0.4 is 5.32 Å². The molecule has 3 rings (SSSR count). The molecule has 5 nitrogen and oxygen atoms in total. The second-order valence-electron chi connectivity index (χ2n) is 6.35. The summed E-state index contributed by atoms with van der Waals surface area (Å²) < 4.78 is 6.21. The largest absolute Gasteiger partial charge is 0.370 e. The third-order valence-corrected chi connectivity index (χ3v) is 5.01. The summed E-state index contributed by atoms with van der Waals surface area (Å²) >= 11 is 0. The number of carbonyl (C=O) groups is 2. The van der Waals surface area contributed by atoms with Crippen molar-refractivity contribution >= 4 is 11.8 Å². The van der Waals surface area contributed by atoms with Crippen molar-refractivity contribution in [3.63, 3.8) is 0 Å². The van der Waals surface area contributed by atoms with Gasteiger partial charge in [-0.25, -0.2) is 0 Å². The van der Waals surface area contributed by atoms with E-state index < -0.39 is 0 Å². The highest BCUT2D eigenvalue weighted by atomic mass is 16.5. The Balaban J connectivity index is 1.62. The molecule has 2 heterocycles. The van der Waals surface area contributed by atoms with Crippen LogP contribution >= 0.6 is 0 Å². The monoisotopic (exact) mass is 280 g/mol. The summed E-state index contributed by atoms with van der Waals surface area (Å²) in [4.78, 5) is 25.6. The van der Waals surface area contributed by atoms with Crippen LogP contribution in [-0.4, -0.2) is 47.6 Å². The highest BCUT2D eigenvalue weighted by Crippen LogP contribution is 2.43. The van der Waals surface area contributed by atoms with E-state index in [1.807, 2.05) is 6.92 Å². The molecule has 0 radical (unpaired) electrons. The minimum atomic E-state index is -0.213. The van der Waals surface area contributed by atoms with E-state index in [-0.39, 0.29) is 36.1 Å². The normalized spacial score (nSPS) is 33.4. The van der Waals surface area contributed by atoms with E-state index in [2.05, 4.69) is 5.32 Å². The first-order chi connectivity index (χ1) is 9.63. The Labute approximate surface area is 120 Å². The number of piperazine rings is 1. The number of nitrogens with one attached hydrogen (secondary N) is 1. The molecule has 2 aliphatic heterocycles. The summed E-state index contributed by atoms with van der Waals surface area (Å²) in [5.74, 6) is -0.199. The molecule has 2 unspecified atom stereocenters. The van der Waals surface area contributed by atoms with E-state index >= 15 is 0 Å². The molecule has 0 bridgehead atoms. The molecule has 20 heavy (non-hydrogen) atoms.